The molecule has 0 aliphatic carbocycles. The molecule has 1 aromatic carbocycles. The summed E-state index contributed by atoms with van der Waals surface area (Å²) in [7, 11) is 0. The van der Waals surface area contributed by atoms with Gasteiger partial charge in [0.05, 0.1) is 11.4 Å². The summed E-state index contributed by atoms with van der Waals surface area (Å²) < 4.78 is 0. The maximum Gasteiger partial charge on any atom is 0.0634 e. The Morgan fingerprint density at radius 3 is 2.32 bits per heavy atom. The smallest absolute Gasteiger partial charge is 0.0634 e. The van der Waals surface area contributed by atoms with Crippen LogP contribution >= 0.6 is 0 Å². The van der Waals surface area contributed by atoms with Gasteiger partial charge in [-0.25, -0.2) is 0 Å². The second kappa shape index (κ2) is 6.43. The average Bonchev–Trinajstić information content (AvgIpc) is 2.46. The molecule has 1 N–H and O–H groups in total. The first-order chi connectivity index (χ1) is 9.19. The molecule has 19 heavy (non-hydrogen) atoms. The van der Waals surface area contributed by atoms with Crippen LogP contribution in [0.4, 0.5) is 0 Å². The molecule has 0 fully saturated rings. The minimum atomic E-state index is 0.193. The zero-order chi connectivity index (χ0) is 13.7. The molecule has 0 bridgehead atoms. The molecular weight excluding hydrogens is 236 g/mol. The molecule has 3 heteroatoms. The standard InChI is InChI=1S/C16H20N2O/c1-12(11-19)15-7-4-14(5-8-15)6-10-16-9-3-13(2)17-18-16/h3-5,7-9,12,19H,6,10-11H2,1-2H3. The Hall–Kier alpha value is -1.74. The zero-order valence-corrected chi connectivity index (χ0v) is 11.5. The second-order valence-electron chi connectivity index (χ2n) is 4.99. The highest BCUT2D eigenvalue weighted by Gasteiger charge is 2.03. The Morgan fingerprint density at radius 1 is 1.00 bits per heavy atom. The summed E-state index contributed by atoms with van der Waals surface area (Å²) in [6.07, 6.45) is 1.87. The number of hydrogen-bond acceptors (Lipinski definition) is 3. The monoisotopic (exact) mass is 256 g/mol. The van der Waals surface area contributed by atoms with E-state index in [-0.39, 0.29) is 12.5 Å². The van der Waals surface area contributed by atoms with Crippen LogP contribution in [0.25, 0.3) is 0 Å². The Balaban J connectivity index is 1.94. The zero-order valence-electron chi connectivity index (χ0n) is 11.5. The summed E-state index contributed by atoms with van der Waals surface area (Å²) in [6.45, 7) is 4.16. The van der Waals surface area contributed by atoms with E-state index in [0.717, 1.165) is 24.2 Å². The second-order valence-corrected chi connectivity index (χ2v) is 4.99. The lowest BCUT2D eigenvalue weighted by Gasteiger charge is -2.09. The first kappa shape index (κ1) is 13.7. The van der Waals surface area contributed by atoms with Crippen LogP contribution < -0.4 is 0 Å². The third kappa shape index (κ3) is 3.86. The van der Waals surface area contributed by atoms with E-state index in [0.29, 0.717) is 0 Å². The Bertz CT molecular complexity index is 505. The maximum absolute atomic E-state index is 9.12. The predicted molar refractivity (Wildman–Crippen MR) is 76.1 cm³/mol. The molecule has 3 nitrogen and oxygen atoms in total. The number of hydrogen-bond donors (Lipinski definition) is 1. The molecule has 1 heterocycles. The van der Waals surface area contributed by atoms with Crippen LogP contribution in [0, 0.1) is 6.92 Å². The molecule has 1 unspecified atom stereocenters. The number of rotatable bonds is 5. The van der Waals surface area contributed by atoms with Crippen LogP contribution in [0.5, 0.6) is 0 Å². The van der Waals surface area contributed by atoms with Gasteiger partial charge in [-0.05, 0) is 43.0 Å². The van der Waals surface area contributed by atoms with E-state index in [1.165, 1.54) is 11.1 Å². The molecule has 0 saturated carbocycles. The molecule has 100 valence electrons. The molecule has 0 aliphatic heterocycles. The van der Waals surface area contributed by atoms with Crippen molar-refractivity contribution in [1.29, 1.82) is 0 Å². The van der Waals surface area contributed by atoms with Gasteiger partial charge in [0.25, 0.3) is 0 Å². The number of nitrogens with zero attached hydrogens (tertiary/aromatic N) is 2. The van der Waals surface area contributed by atoms with Crippen LogP contribution in [0.15, 0.2) is 36.4 Å². The van der Waals surface area contributed by atoms with Gasteiger partial charge in [0.2, 0.25) is 0 Å². The van der Waals surface area contributed by atoms with Gasteiger partial charge in [0.15, 0.2) is 0 Å². The van der Waals surface area contributed by atoms with Gasteiger partial charge >= 0.3 is 0 Å². The lowest BCUT2D eigenvalue weighted by Crippen LogP contribution is -2.00. The van der Waals surface area contributed by atoms with Gasteiger partial charge in [-0.2, -0.15) is 10.2 Å². The van der Waals surface area contributed by atoms with Crippen molar-refractivity contribution in [3.63, 3.8) is 0 Å². The van der Waals surface area contributed by atoms with Crippen molar-refractivity contribution in [2.75, 3.05) is 6.61 Å². The SMILES string of the molecule is Cc1ccc(CCc2ccc(C(C)CO)cc2)nn1. The Kier molecular flexibility index (Phi) is 4.63. The van der Waals surface area contributed by atoms with Crippen molar-refractivity contribution in [1.82, 2.24) is 10.2 Å². The highest BCUT2D eigenvalue weighted by atomic mass is 16.3. The van der Waals surface area contributed by atoms with E-state index in [4.69, 9.17) is 5.11 Å². The van der Waals surface area contributed by atoms with Crippen LogP contribution in [0.1, 0.15) is 35.4 Å². The summed E-state index contributed by atoms with van der Waals surface area (Å²) in [5, 5.41) is 17.3. The van der Waals surface area contributed by atoms with E-state index in [1.54, 1.807) is 0 Å². The molecule has 0 radical (unpaired) electrons. The van der Waals surface area contributed by atoms with Gasteiger partial charge in [0.1, 0.15) is 0 Å². The average molecular weight is 256 g/mol. The fourth-order valence-electron chi connectivity index (χ4n) is 1.95. The summed E-state index contributed by atoms with van der Waals surface area (Å²) in [4.78, 5) is 0. The van der Waals surface area contributed by atoms with Crippen molar-refractivity contribution >= 4 is 0 Å². The van der Waals surface area contributed by atoms with Gasteiger partial charge in [-0.15, -0.1) is 0 Å². The topological polar surface area (TPSA) is 46.0 Å². The maximum atomic E-state index is 9.12. The quantitative estimate of drug-likeness (QED) is 0.894. The molecular formula is C16H20N2O. The summed E-state index contributed by atoms with van der Waals surface area (Å²) in [5.74, 6) is 0.206. The highest BCUT2D eigenvalue weighted by Crippen LogP contribution is 2.15. The molecule has 1 aromatic heterocycles. The predicted octanol–water partition coefficient (Wildman–Crippen LogP) is 2.67. The van der Waals surface area contributed by atoms with Gasteiger partial charge in [-0.3, -0.25) is 0 Å². The van der Waals surface area contributed by atoms with Gasteiger partial charge in [-0.1, -0.05) is 31.2 Å². The Morgan fingerprint density at radius 2 is 1.74 bits per heavy atom. The van der Waals surface area contributed by atoms with Gasteiger partial charge in [0, 0.05) is 12.5 Å². The normalized spacial score (nSPS) is 12.4. The largest absolute Gasteiger partial charge is 0.396 e. The minimum Gasteiger partial charge on any atom is -0.396 e. The molecule has 0 amide bonds. The van der Waals surface area contributed by atoms with Crippen LogP contribution in [0.2, 0.25) is 0 Å². The number of benzene rings is 1. The van der Waals surface area contributed by atoms with Crippen molar-refractivity contribution in [3.8, 4) is 0 Å². The van der Waals surface area contributed by atoms with Gasteiger partial charge < -0.3 is 5.11 Å². The highest BCUT2D eigenvalue weighted by molar-refractivity contribution is 5.25. The van der Waals surface area contributed by atoms with Crippen LogP contribution in [0.3, 0.4) is 0 Å². The lowest BCUT2D eigenvalue weighted by atomic mass is 9.99. The number of aliphatic hydroxyl groups is 1. The van der Waals surface area contributed by atoms with E-state index in [2.05, 4.69) is 34.5 Å². The van der Waals surface area contributed by atoms with Crippen molar-refractivity contribution in [3.05, 3.63) is 58.9 Å². The van der Waals surface area contributed by atoms with Crippen molar-refractivity contribution in [2.45, 2.75) is 32.6 Å². The van der Waals surface area contributed by atoms with E-state index >= 15 is 0 Å². The molecule has 0 spiro atoms. The van der Waals surface area contributed by atoms with E-state index < -0.39 is 0 Å². The third-order valence-corrected chi connectivity index (χ3v) is 3.35. The summed E-state index contributed by atoms with van der Waals surface area (Å²) >= 11 is 0. The fraction of sp³-hybridized carbons (Fsp3) is 0.375. The Labute approximate surface area is 114 Å². The van der Waals surface area contributed by atoms with Crippen LogP contribution in [-0.2, 0) is 12.8 Å². The fourth-order valence-corrected chi connectivity index (χ4v) is 1.95. The number of aromatic nitrogens is 2. The van der Waals surface area contributed by atoms with E-state index in [9.17, 15) is 0 Å². The van der Waals surface area contributed by atoms with Crippen molar-refractivity contribution in [2.24, 2.45) is 0 Å². The number of aryl methyl sites for hydroxylation is 3. The molecule has 1 atom stereocenters. The molecule has 2 rings (SSSR count). The molecule has 2 aromatic rings. The van der Waals surface area contributed by atoms with Crippen molar-refractivity contribution < 1.29 is 5.11 Å². The molecule has 0 saturated heterocycles. The lowest BCUT2D eigenvalue weighted by molar-refractivity contribution is 0.273. The summed E-state index contributed by atoms with van der Waals surface area (Å²) in [5.41, 5.74) is 4.45. The van der Waals surface area contributed by atoms with E-state index in [1.807, 2.05) is 26.0 Å². The van der Waals surface area contributed by atoms with Crippen LogP contribution in [-0.4, -0.2) is 21.9 Å². The number of aliphatic hydroxyl groups excluding tert-OH is 1. The minimum absolute atomic E-state index is 0.193. The molecule has 0 aliphatic rings. The third-order valence-electron chi connectivity index (χ3n) is 3.35. The first-order valence-corrected chi connectivity index (χ1v) is 6.68. The first-order valence-electron chi connectivity index (χ1n) is 6.68. The summed E-state index contributed by atoms with van der Waals surface area (Å²) in [6, 6.07) is 12.5.